The van der Waals surface area contributed by atoms with Gasteiger partial charge >= 0.3 is 0 Å². The highest BCUT2D eigenvalue weighted by molar-refractivity contribution is 7.07. The fourth-order valence-corrected chi connectivity index (χ4v) is 3.93. The van der Waals surface area contributed by atoms with Crippen LogP contribution in [-0.2, 0) is 0 Å². The van der Waals surface area contributed by atoms with Gasteiger partial charge in [-0.1, -0.05) is 33.1 Å². The van der Waals surface area contributed by atoms with Crippen molar-refractivity contribution in [3.8, 4) is 0 Å². The van der Waals surface area contributed by atoms with Gasteiger partial charge in [0.15, 0.2) is 0 Å². The summed E-state index contributed by atoms with van der Waals surface area (Å²) in [6, 6.07) is 2.90. The normalized spacial score (nSPS) is 26.9. The SMILES string of the molecule is CCNC(c1ccsc1)C1CCCC(CC)C1. The fourth-order valence-electron chi connectivity index (χ4n) is 3.23. The maximum Gasteiger partial charge on any atom is 0.0356 e. The lowest BCUT2D eigenvalue weighted by molar-refractivity contribution is 0.211. The lowest BCUT2D eigenvalue weighted by Crippen LogP contribution is -2.31. The Morgan fingerprint density at radius 3 is 2.94 bits per heavy atom. The third-order valence-electron chi connectivity index (χ3n) is 4.20. The molecule has 1 aliphatic carbocycles. The molecule has 1 N–H and O–H groups in total. The predicted molar refractivity (Wildman–Crippen MR) is 76.5 cm³/mol. The first-order chi connectivity index (χ1) is 8.35. The van der Waals surface area contributed by atoms with Gasteiger partial charge in [-0.2, -0.15) is 11.3 Å². The van der Waals surface area contributed by atoms with E-state index in [0.717, 1.165) is 18.4 Å². The second-order valence-corrected chi connectivity index (χ2v) is 6.07. The summed E-state index contributed by atoms with van der Waals surface area (Å²) in [5, 5.41) is 8.24. The Bertz CT molecular complexity index is 307. The van der Waals surface area contributed by atoms with Crippen molar-refractivity contribution >= 4 is 11.3 Å². The van der Waals surface area contributed by atoms with E-state index in [0.29, 0.717) is 6.04 Å². The van der Waals surface area contributed by atoms with E-state index in [1.54, 1.807) is 0 Å². The van der Waals surface area contributed by atoms with Crippen molar-refractivity contribution < 1.29 is 0 Å². The van der Waals surface area contributed by atoms with Gasteiger partial charge in [0.05, 0.1) is 0 Å². The zero-order chi connectivity index (χ0) is 12.1. The van der Waals surface area contributed by atoms with E-state index in [4.69, 9.17) is 0 Å². The molecule has 1 aromatic rings. The van der Waals surface area contributed by atoms with E-state index in [-0.39, 0.29) is 0 Å². The molecule has 3 unspecified atom stereocenters. The smallest absolute Gasteiger partial charge is 0.0356 e. The third kappa shape index (κ3) is 3.32. The van der Waals surface area contributed by atoms with Crippen molar-refractivity contribution in [2.24, 2.45) is 11.8 Å². The first kappa shape index (κ1) is 13.1. The van der Waals surface area contributed by atoms with E-state index in [2.05, 4.69) is 36.0 Å². The molecule has 0 saturated heterocycles. The first-order valence-corrected chi connectivity index (χ1v) is 8.04. The van der Waals surface area contributed by atoms with Crippen LogP contribution in [-0.4, -0.2) is 6.54 Å². The molecule has 2 rings (SSSR count). The van der Waals surface area contributed by atoms with Gasteiger partial charge in [0.25, 0.3) is 0 Å². The molecular weight excluding hydrogens is 226 g/mol. The average Bonchev–Trinajstić information content (AvgIpc) is 2.89. The molecule has 1 heterocycles. The zero-order valence-electron chi connectivity index (χ0n) is 11.1. The second-order valence-electron chi connectivity index (χ2n) is 5.29. The molecule has 0 aliphatic heterocycles. The van der Waals surface area contributed by atoms with Gasteiger partial charge < -0.3 is 5.32 Å². The van der Waals surface area contributed by atoms with E-state index in [9.17, 15) is 0 Å². The van der Waals surface area contributed by atoms with Gasteiger partial charge in [-0.05, 0) is 53.6 Å². The predicted octanol–water partition coefficient (Wildman–Crippen LogP) is 4.62. The van der Waals surface area contributed by atoms with Crippen LogP contribution in [0.25, 0.3) is 0 Å². The Balaban J connectivity index is 2.05. The molecule has 0 radical (unpaired) electrons. The van der Waals surface area contributed by atoms with Crippen LogP contribution in [0.5, 0.6) is 0 Å². The van der Waals surface area contributed by atoms with Gasteiger partial charge in [0.2, 0.25) is 0 Å². The summed E-state index contributed by atoms with van der Waals surface area (Å²) in [5.74, 6) is 1.82. The average molecular weight is 251 g/mol. The Morgan fingerprint density at radius 1 is 1.41 bits per heavy atom. The minimum atomic E-state index is 0.598. The highest BCUT2D eigenvalue weighted by Crippen LogP contribution is 2.38. The zero-order valence-corrected chi connectivity index (χ0v) is 11.9. The summed E-state index contributed by atoms with van der Waals surface area (Å²) >= 11 is 1.82. The summed E-state index contributed by atoms with van der Waals surface area (Å²) in [6.07, 6.45) is 7.07. The lowest BCUT2D eigenvalue weighted by Gasteiger charge is -2.34. The molecule has 1 saturated carbocycles. The lowest BCUT2D eigenvalue weighted by atomic mass is 9.75. The number of rotatable bonds is 5. The van der Waals surface area contributed by atoms with Crippen LogP contribution < -0.4 is 5.32 Å². The van der Waals surface area contributed by atoms with Crippen molar-refractivity contribution in [2.75, 3.05) is 6.54 Å². The number of thiophene rings is 1. The van der Waals surface area contributed by atoms with E-state index >= 15 is 0 Å². The van der Waals surface area contributed by atoms with Crippen LogP contribution in [0.1, 0.15) is 57.6 Å². The number of hydrogen-bond acceptors (Lipinski definition) is 2. The maximum absolute atomic E-state index is 3.71. The van der Waals surface area contributed by atoms with E-state index in [1.807, 2.05) is 11.3 Å². The molecule has 0 aromatic carbocycles. The molecule has 1 aromatic heterocycles. The van der Waals surface area contributed by atoms with Crippen molar-refractivity contribution in [3.05, 3.63) is 22.4 Å². The monoisotopic (exact) mass is 251 g/mol. The Morgan fingerprint density at radius 2 is 2.29 bits per heavy atom. The largest absolute Gasteiger partial charge is 0.310 e. The minimum absolute atomic E-state index is 0.598. The summed E-state index contributed by atoms with van der Waals surface area (Å²) in [5.41, 5.74) is 1.51. The molecule has 2 heteroatoms. The van der Waals surface area contributed by atoms with Crippen molar-refractivity contribution in [2.45, 2.75) is 52.0 Å². The summed E-state index contributed by atoms with van der Waals surface area (Å²) in [4.78, 5) is 0. The summed E-state index contributed by atoms with van der Waals surface area (Å²) < 4.78 is 0. The van der Waals surface area contributed by atoms with E-state index in [1.165, 1.54) is 37.7 Å². The van der Waals surface area contributed by atoms with Gasteiger partial charge in [0, 0.05) is 6.04 Å². The van der Waals surface area contributed by atoms with E-state index < -0.39 is 0 Å². The van der Waals surface area contributed by atoms with Crippen molar-refractivity contribution in [3.63, 3.8) is 0 Å². The molecule has 96 valence electrons. The Hall–Kier alpha value is -0.340. The summed E-state index contributed by atoms with van der Waals surface area (Å²) in [6.45, 7) is 5.65. The molecular formula is C15H25NS. The topological polar surface area (TPSA) is 12.0 Å². The molecule has 17 heavy (non-hydrogen) atoms. The number of nitrogens with one attached hydrogen (secondary N) is 1. The van der Waals surface area contributed by atoms with Crippen LogP contribution in [0.2, 0.25) is 0 Å². The first-order valence-electron chi connectivity index (χ1n) is 7.10. The highest BCUT2D eigenvalue weighted by atomic mass is 32.1. The van der Waals surface area contributed by atoms with Gasteiger partial charge in [-0.25, -0.2) is 0 Å². The minimum Gasteiger partial charge on any atom is -0.310 e. The molecule has 0 bridgehead atoms. The third-order valence-corrected chi connectivity index (χ3v) is 4.90. The number of hydrogen-bond donors (Lipinski definition) is 1. The Kier molecular flexibility index (Phi) is 5.05. The molecule has 0 amide bonds. The quantitative estimate of drug-likeness (QED) is 0.805. The highest BCUT2D eigenvalue weighted by Gasteiger charge is 2.28. The van der Waals surface area contributed by atoms with Gasteiger partial charge in [-0.15, -0.1) is 0 Å². The molecule has 1 fully saturated rings. The maximum atomic E-state index is 3.71. The van der Waals surface area contributed by atoms with Crippen LogP contribution >= 0.6 is 11.3 Å². The van der Waals surface area contributed by atoms with Crippen LogP contribution in [0, 0.1) is 11.8 Å². The van der Waals surface area contributed by atoms with Crippen LogP contribution in [0.3, 0.4) is 0 Å². The molecule has 1 aliphatic rings. The van der Waals surface area contributed by atoms with Crippen LogP contribution in [0.4, 0.5) is 0 Å². The Labute approximate surface area is 110 Å². The fraction of sp³-hybridized carbons (Fsp3) is 0.733. The second kappa shape index (κ2) is 6.55. The molecule has 1 nitrogen and oxygen atoms in total. The van der Waals surface area contributed by atoms with Crippen molar-refractivity contribution in [1.82, 2.24) is 5.32 Å². The van der Waals surface area contributed by atoms with Crippen LogP contribution in [0.15, 0.2) is 16.8 Å². The standard InChI is InChI=1S/C15H25NS/c1-3-12-6-5-7-13(10-12)15(16-4-2)14-8-9-17-11-14/h8-9,11-13,15-16H,3-7,10H2,1-2H3. The van der Waals surface area contributed by atoms with Crippen molar-refractivity contribution in [1.29, 1.82) is 0 Å². The molecule has 0 spiro atoms. The molecule has 3 atom stereocenters. The van der Waals surface area contributed by atoms with Gasteiger partial charge in [0.1, 0.15) is 0 Å². The van der Waals surface area contributed by atoms with Gasteiger partial charge in [-0.3, -0.25) is 0 Å². The summed E-state index contributed by atoms with van der Waals surface area (Å²) in [7, 11) is 0.